The maximum absolute atomic E-state index is 13.0. The highest BCUT2D eigenvalue weighted by Crippen LogP contribution is 2.24. The van der Waals surface area contributed by atoms with E-state index in [0.29, 0.717) is 6.42 Å². The van der Waals surface area contributed by atoms with Crippen molar-refractivity contribution in [3.05, 3.63) is 35.6 Å². The number of aliphatic carboxylic acids is 1. The minimum absolute atomic E-state index is 0.221. The SMILES string of the molecule is CC(C)(C)OC(=O)N[C@@H](Cc1ccc(F)cc1)CC(C)(C)C(=O)O. The zero-order valence-electron chi connectivity index (χ0n) is 14.9. The number of carbonyl (C=O) groups excluding carboxylic acids is 1. The van der Waals surface area contributed by atoms with Gasteiger partial charge in [0.25, 0.3) is 0 Å². The van der Waals surface area contributed by atoms with Crippen molar-refractivity contribution >= 4 is 12.1 Å². The van der Waals surface area contributed by atoms with E-state index < -0.39 is 29.1 Å². The first-order valence-electron chi connectivity index (χ1n) is 7.86. The van der Waals surface area contributed by atoms with E-state index in [1.165, 1.54) is 12.1 Å². The zero-order valence-corrected chi connectivity index (χ0v) is 14.9. The summed E-state index contributed by atoms with van der Waals surface area (Å²) in [5.74, 6) is -1.29. The Labute approximate surface area is 142 Å². The van der Waals surface area contributed by atoms with Gasteiger partial charge in [-0.15, -0.1) is 0 Å². The van der Waals surface area contributed by atoms with Crippen molar-refractivity contribution < 1.29 is 23.8 Å². The van der Waals surface area contributed by atoms with Crippen molar-refractivity contribution in [2.45, 2.75) is 59.1 Å². The molecule has 0 aliphatic carbocycles. The number of benzene rings is 1. The van der Waals surface area contributed by atoms with Crippen LogP contribution in [0.2, 0.25) is 0 Å². The highest BCUT2D eigenvalue weighted by atomic mass is 19.1. The molecule has 0 spiro atoms. The quantitative estimate of drug-likeness (QED) is 0.827. The second-order valence-corrected chi connectivity index (χ2v) is 7.57. The summed E-state index contributed by atoms with van der Waals surface area (Å²) in [6.07, 6.45) is 0.00522. The minimum atomic E-state index is -1.01. The molecule has 0 aromatic heterocycles. The maximum atomic E-state index is 13.0. The van der Waals surface area contributed by atoms with Crippen molar-refractivity contribution in [2.24, 2.45) is 5.41 Å². The molecule has 2 N–H and O–H groups in total. The van der Waals surface area contributed by atoms with E-state index >= 15 is 0 Å². The van der Waals surface area contributed by atoms with Crippen molar-refractivity contribution in [2.75, 3.05) is 0 Å². The molecule has 6 heteroatoms. The van der Waals surface area contributed by atoms with E-state index in [2.05, 4.69) is 5.32 Å². The first-order chi connectivity index (χ1) is 10.9. The van der Waals surface area contributed by atoms with Crippen molar-refractivity contribution in [3.8, 4) is 0 Å². The zero-order chi connectivity index (χ0) is 18.5. The molecule has 0 aliphatic rings. The highest BCUT2D eigenvalue weighted by molar-refractivity contribution is 5.74. The van der Waals surface area contributed by atoms with Gasteiger partial charge in [-0.2, -0.15) is 0 Å². The van der Waals surface area contributed by atoms with Gasteiger partial charge in [-0.25, -0.2) is 9.18 Å². The Morgan fingerprint density at radius 2 is 1.71 bits per heavy atom. The van der Waals surface area contributed by atoms with Gasteiger partial charge in [0.2, 0.25) is 0 Å². The summed E-state index contributed by atoms with van der Waals surface area (Å²) < 4.78 is 18.3. The number of carboxylic acid groups (broad SMARTS) is 1. The fourth-order valence-electron chi connectivity index (χ4n) is 2.26. The molecule has 1 rings (SSSR count). The van der Waals surface area contributed by atoms with E-state index in [-0.39, 0.29) is 12.2 Å². The molecule has 0 saturated carbocycles. The fraction of sp³-hybridized carbons (Fsp3) is 0.556. The molecular weight excluding hydrogens is 313 g/mol. The van der Waals surface area contributed by atoms with Crippen LogP contribution in [0.3, 0.4) is 0 Å². The Morgan fingerprint density at radius 1 is 1.17 bits per heavy atom. The van der Waals surface area contributed by atoms with Crippen molar-refractivity contribution in [1.82, 2.24) is 5.32 Å². The summed E-state index contributed by atoms with van der Waals surface area (Å²) in [5, 5.41) is 12.0. The Bertz CT molecular complexity index is 576. The second kappa shape index (κ2) is 7.64. The van der Waals surface area contributed by atoms with Crippen LogP contribution < -0.4 is 5.32 Å². The fourth-order valence-corrected chi connectivity index (χ4v) is 2.26. The van der Waals surface area contributed by atoms with Gasteiger partial charge < -0.3 is 15.2 Å². The molecule has 1 aromatic carbocycles. The molecule has 0 radical (unpaired) electrons. The smallest absolute Gasteiger partial charge is 0.407 e. The molecule has 24 heavy (non-hydrogen) atoms. The van der Waals surface area contributed by atoms with Crippen LogP contribution in [-0.2, 0) is 16.0 Å². The Hall–Kier alpha value is -2.11. The van der Waals surface area contributed by atoms with Crippen LogP contribution in [0, 0.1) is 11.2 Å². The third kappa shape index (κ3) is 6.98. The van der Waals surface area contributed by atoms with Gasteiger partial charge in [-0.1, -0.05) is 12.1 Å². The highest BCUT2D eigenvalue weighted by Gasteiger charge is 2.32. The number of rotatable bonds is 6. The normalized spacial score (nSPS) is 13.2. The third-order valence-electron chi connectivity index (χ3n) is 3.45. The van der Waals surface area contributed by atoms with E-state index in [1.54, 1.807) is 46.8 Å². The molecule has 1 atom stereocenters. The topological polar surface area (TPSA) is 75.6 Å². The number of halogens is 1. The monoisotopic (exact) mass is 339 g/mol. The van der Waals surface area contributed by atoms with E-state index in [0.717, 1.165) is 5.56 Å². The summed E-state index contributed by atoms with van der Waals surface area (Å²) in [5.41, 5.74) is -0.856. The minimum Gasteiger partial charge on any atom is -0.481 e. The summed E-state index contributed by atoms with van der Waals surface area (Å²) in [4.78, 5) is 23.4. The first-order valence-corrected chi connectivity index (χ1v) is 7.86. The number of nitrogens with one attached hydrogen (secondary N) is 1. The lowest BCUT2D eigenvalue weighted by molar-refractivity contribution is -0.147. The summed E-state index contributed by atoms with van der Waals surface area (Å²) >= 11 is 0. The molecule has 0 saturated heterocycles. The van der Waals surface area contributed by atoms with Crippen molar-refractivity contribution in [1.29, 1.82) is 0 Å². The molecule has 0 bridgehead atoms. The van der Waals surface area contributed by atoms with Gasteiger partial charge in [0.15, 0.2) is 0 Å². The lowest BCUT2D eigenvalue weighted by Gasteiger charge is -2.28. The van der Waals surface area contributed by atoms with Gasteiger partial charge in [-0.3, -0.25) is 4.79 Å². The lowest BCUT2D eigenvalue weighted by Crippen LogP contribution is -2.43. The molecule has 0 heterocycles. The predicted octanol–water partition coefficient (Wildman–Crippen LogP) is 3.76. The van der Waals surface area contributed by atoms with Crippen LogP contribution in [0.15, 0.2) is 24.3 Å². The number of alkyl carbamates (subject to hydrolysis) is 1. The van der Waals surface area contributed by atoms with Gasteiger partial charge in [-0.05, 0) is 65.2 Å². The summed E-state index contributed by atoms with van der Waals surface area (Å²) in [7, 11) is 0. The average Bonchev–Trinajstić information content (AvgIpc) is 2.38. The Kier molecular flexibility index (Phi) is 6.35. The molecule has 5 nitrogen and oxygen atoms in total. The number of carboxylic acids is 1. The molecule has 0 aliphatic heterocycles. The molecule has 0 unspecified atom stereocenters. The van der Waals surface area contributed by atoms with Gasteiger partial charge in [0.05, 0.1) is 5.41 Å². The summed E-state index contributed by atoms with van der Waals surface area (Å²) in [6, 6.07) is 5.46. The number of carbonyl (C=O) groups is 2. The van der Waals surface area contributed by atoms with Crippen LogP contribution in [-0.4, -0.2) is 28.8 Å². The Morgan fingerprint density at radius 3 is 2.17 bits per heavy atom. The van der Waals surface area contributed by atoms with Gasteiger partial charge in [0, 0.05) is 6.04 Å². The third-order valence-corrected chi connectivity index (χ3v) is 3.45. The lowest BCUT2D eigenvalue weighted by atomic mass is 9.84. The average molecular weight is 339 g/mol. The molecule has 1 amide bonds. The number of ether oxygens (including phenoxy) is 1. The van der Waals surface area contributed by atoms with Crippen LogP contribution in [0.4, 0.5) is 9.18 Å². The molecule has 134 valence electrons. The Balaban J connectivity index is 2.88. The molecule has 1 aromatic rings. The van der Waals surface area contributed by atoms with Crippen LogP contribution >= 0.6 is 0 Å². The van der Waals surface area contributed by atoms with E-state index in [1.807, 2.05) is 0 Å². The van der Waals surface area contributed by atoms with Gasteiger partial charge in [0.1, 0.15) is 11.4 Å². The number of hydrogen-bond acceptors (Lipinski definition) is 3. The largest absolute Gasteiger partial charge is 0.481 e. The van der Waals surface area contributed by atoms with Crippen LogP contribution in [0.25, 0.3) is 0 Å². The summed E-state index contributed by atoms with van der Waals surface area (Å²) in [6.45, 7) is 8.46. The number of hydrogen-bond donors (Lipinski definition) is 2. The predicted molar refractivity (Wildman–Crippen MR) is 89.3 cm³/mol. The second-order valence-electron chi connectivity index (χ2n) is 7.57. The van der Waals surface area contributed by atoms with Gasteiger partial charge >= 0.3 is 12.1 Å². The molecule has 0 fully saturated rings. The molecular formula is C18H26FNO4. The standard InChI is InChI=1S/C18H26FNO4/c1-17(2,3)24-16(23)20-14(11-18(4,5)15(21)22)10-12-6-8-13(19)9-7-12/h6-9,14H,10-11H2,1-5H3,(H,20,23)(H,21,22)/t14-/m0/s1. The van der Waals surface area contributed by atoms with E-state index in [4.69, 9.17) is 4.74 Å². The van der Waals surface area contributed by atoms with Crippen LogP contribution in [0.5, 0.6) is 0 Å². The maximum Gasteiger partial charge on any atom is 0.407 e. The van der Waals surface area contributed by atoms with Crippen molar-refractivity contribution in [3.63, 3.8) is 0 Å². The first kappa shape index (κ1) is 19.9. The van der Waals surface area contributed by atoms with Crippen LogP contribution in [0.1, 0.15) is 46.6 Å². The van der Waals surface area contributed by atoms with E-state index in [9.17, 15) is 19.1 Å². The number of amides is 1.